The van der Waals surface area contributed by atoms with Crippen LogP contribution in [0.5, 0.6) is 0 Å². The first-order chi connectivity index (χ1) is 10.0. The second-order valence-electron chi connectivity index (χ2n) is 4.93. The van der Waals surface area contributed by atoms with Crippen LogP contribution in [0.25, 0.3) is 0 Å². The van der Waals surface area contributed by atoms with Crippen molar-refractivity contribution in [1.29, 1.82) is 0 Å². The molecule has 0 aromatic heterocycles. The van der Waals surface area contributed by atoms with Gasteiger partial charge in [-0.05, 0) is 44.0 Å². The highest BCUT2D eigenvalue weighted by molar-refractivity contribution is 5.70. The Hall–Kier alpha value is -2.56. The van der Waals surface area contributed by atoms with Crippen LogP contribution in [0.4, 0.5) is 22.7 Å². The lowest BCUT2D eigenvalue weighted by molar-refractivity contribution is -0.384. The van der Waals surface area contributed by atoms with Crippen molar-refractivity contribution in [3.63, 3.8) is 0 Å². The number of nitrogens with zero attached hydrogens (tertiary/aromatic N) is 1. The van der Waals surface area contributed by atoms with Gasteiger partial charge >= 0.3 is 0 Å². The van der Waals surface area contributed by atoms with Gasteiger partial charge < -0.3 is 10.6 Å². The third kappa shape index (κ3) is 3.51. The first-order valence-electron chi connectivity index (χ1n) is 6.88. The van der Waals surface area contributed by atoms with Crippen molar-refractivity contribution >= 4 is 22.7 Å². The van der Waals surface area contributed by atoms with E-state index in [9.17, 15) is 10.1 Å². The molecule has 21 heavy (non-hydrogen) atoms. The molecule has 5 nitrogen and oxygen atoms in total. The monoisotopic (exact) mass is 285 g/mol. The summed E-state index contributed by atoms with van der Waals surface area (Å²) in [4.78, 5) is 10.7. The van der Waals surface area contributed by atoms with E-state index >= 15 is 0 Å². The fourth-order valence-corrected chi connectivity index (χ4v) is 2.14. The van der Waals surface area contributed by atoms with Crippen LogP contribution < -0.4 is 10.6 Å². The SMILES string of the molecule is CCNc1cc(Nc2cccc(C)c2C)cc([N+](=O)[O-])c1. The quantitative estimate of drug-likeness (QED) is 0.631. The lowest BCUT2D eigenvalue weighted by Gasteiger charge is -2.13. The Bertz CT molecular complexity index is 669. The predicted octanol–water partition coefficient (Wildman–Crippen LogP) is 4.39. The molecule has 2 rings (SSSR count). The van der Waals surface area contributed by atoms with Crippen LogP contribution in [0.3, 0.4) is 0 Å². The Morgan fingerprint density at radius 2 is 1.86 bits per heavy atom. The molecule has 0 atom stereocenters. The number of nitro benzene ring substituents is 1. The molecule has 2 aromatic rings. The fourth-order valence-electron chi connectivity index (χ4n) is 2.14. The van der Waals surface area contributed by atoms with Crippen LogP contribution in [0.15, 0.2) is 36.4 Å². The molecule has 2 N–H and O–H groups in total. The first kappa shape index (κ1) is 14.8. The van der Waals surface area contributed by atoms with Gasteiger partial charge in [0.1, 0.15) is 0 Å². The molecule has 0 saturated heterocycles. The summed E-state index contributed by atoms with van der Waals surface area (Å²) in [6, 6.07) is 10.9. The van der Waals surface area contributed by atoms with Crippen LogP contribution in [-0.2, 0) is 0 Å². The van der Waals surface area contributed by atoms with Crippen LogP contribution in [0.2, 0.25) is 0 Å². The summed E-state index contributed by atoms with van der Waals surface area (Å²) in [7, 11) is 0. The van der Waals surface area contributed by atoms with Crippen LogP contribution in [0, 0.1) is 24.0 Å². The van der Waals surface area contributed by atoms with Gasteiger partial charge in [0.15, 0.2) is 0 Å². The molecule has 5 heteroatoms. The number of aryl methyl sites for hydroxylation is 1. The summed E-state index contributed by atoms with van der Waals surface area (Å²) in [6.07, 6.45) is 0. The van der Waals surface area contributed by atoms with E-state index in [0.717, 1.165) is 16.9 Å². The third-order valence-corrected chi connectivity index (χ3v) is 3.39. The molecule has 0 heterocycles. The summed E-state index contributed by atoms with van der Waals surface area (Å²) in [5, 5.41) is 17.4. The largest absolute Gasteiger partial charge is 0.385 e. The van der Waals surface area contributed by atoms with Gasteiger partial charge in [0.25, 0.3) is 5.69 Å². The van der Waals surface area contributed by atoms with Crippen LogP contribution in [0.1, 0.15) is 18.1 Å². The standard InChI is InChI=1S/C16H19N3O2/c1-4-17-13-8-14(10-15(9-13)19(20)21)18-16-7-5-6-11(2)12(16)3/h5-10,17-18H,4H2,1-3H3. The zero-order chi connectivity index (χ0) is 15.4. The van der Waals surface area contributed by atoms with Gasteiger partial charge in [-0.3, -0.25) is 10.1 Å². The van der Waals surface area contributed by atoms with Gasteiger partial charge in [-0.15, -0.1) is 0 Å². The van der Waals surface area contributed by atoms with Crippen molar-refractivity contribution in [1.82, 2.24) is 0 Å². The van der Waals surface area contributed by atoms with Gasteiger partial charge in [-0.2, -0.15) is 0 Å². The van der Waals surface area contributed by atoms with E-state index in [1.54, 1.807) is 6.07 Å². The number of hydrogen-bond acceptors (Lipinski definition) is 4. The maximum atomic E-state index is 11.0. The number of benzene rings is 2. The summed E-state index contributed by atoms with van der Waals surface area (Å²) in [5.74, 6) is 0. The maximum absolute atomic E-state index is 11.0. The summed E-state index contributed by atoms with van der Waals surface area (Å²) < 4.78 is 0. The fraction of sp³-hybridized carbons (Fsp3) is 0.250. The minimum atomic E-state index is -0.380. The average Bonchev–Trinajstić information content (AvgIpc) is 2.44. The van der Waals surface area contributed by atoms with E-state index < -0.39 is 0 Å². The molecule has 0 fully saturated rings. The number of anilines is 3. The Morgan fingerprint density at radius 3 is 2.52 bits per heavy atom. The van der Waals surface area contributed by atoms with Crippen LogP contribution >= 0.6 is 0 Å². The minimum absolute atomic E-state index is 0.0706. The normalized spacial score (nSPS) is 10.2. The van der Waals surface area contributed by atoms with Crippen molar-refractivity contribution in [2.24, 2.45) is 0 Å². The summed E-state index contributed by atoms with van der Waals surface area (Å²) in [6.45, 7) is 6.74. The average molecular weight is 285 g/mol. The lowest BCUT2D eigenvalue weighted by Crippen LogP contribution is -2.01. The highest BCUT2D eigenvalue weighted by Gasteiger charge is 2.10. The molecule has 0 amide bonds. The Balaban J connectivity index is 2.38. The van der Waals surface area contributed by atoms with E-state index in [0.29, 0.717) is 12.2 Å². The zero-order valence-electron chi connectivity index (χ0n) is 12.4. The topological polar surface area (TPSA) is 67.2 Å². The molecule has 0 radical (unpaired) electrons. The molecule has 2 aromatic carbocycles. The van der Waals surface area contributed by atoms with Crippen molar-refractivity contribution in [3.05, 3.63) is 57.6 Å². The highest BCUT2D eigenvalue weighted by Crippen LogP contribution is 2.28. The number of rotatable bonds is 5. The first-order valence-corrected chi connectivity index (χ1v) is 6.88. The Labute approximate surface area is 124 Å². The second kappa shape index (κ2) is 6.26. The summed E-state index contributed by atoms with van der Waals surface area (Å²) in [5.41, 5.74) is 4.78. The van der Waals surface area contributed by atoms with Gasteiger partial charge in [0, 0.05) is 35.7 Å². The van der Waals surface area contributed by atoms with Crippen LogP contribution in [-0.4, -0.2) is 11.5 Å². The summed E-state index contributed by atoms with van der Waals surface area (Å²) >= 11 is 0. The molecule has 0 spiro atoms. The van der Waals surface area contributed by atoms with E-state index in [4.69, 9.17) is 0 Å². The molecule has 0 unspecified atom stereocenters. The molecule has 0 aliphatic rings. The number of hydrogen-bond donors (Lipinski definition) is 2. The lowest BCUT2D eigenvalue weighted by atomic mass is 10.1. The van der Waals surface area contributed by atoms with Gasteiger partial charge in [-0.25, -0.2) is 0 Å². The predicted molar refractivity (Wildman–Crippen MR) is 86.5 cm³/mol. The van der Waals surface area contributed by atoms with Crippen molar-refractivity contribution < 1.29 is 4.92 Å². The molecule has 110 valence electrons. The molecule has 0 aliphatic carbocycles. The van der Waals surface area contributed by atoms with Gasteiger partial charge in [0.05, 0.1) is 4.92 Å². The number of nitrogens with one attached hydrogen (secondary N) is 2. The maximum Gasteiger partial charge on any atom is 0.273 e. The van der Waals surface area contributed by atoms with Crippen molar-refractivity contribution in [2.75, 3.05) is 17.2 Å². The Morgan fingerprint density at radius 1 is 1.14 bits per heavy atom. The highest BCUT2D eigenvalue weighted by atomic mass is 16.6. The molecule has 0 aliphatic heterocycles. The molecule has 0 saturated carbocycles. The second-order valence-corrected chi connectivity index (χ2v) is 4.93. The van der Waals surface area contributed by atoms with Crippen molar-refractivity contribution in [3.8, 4) is 0 Å². The van der Waals surface area contributed by atoms with E-state index in [1.165, 1.54) is 11.6 Å². The zero-order valence-corrected chi connectivity index (χ0v) is 12.4. The molecular weight excluding hydrogens is 266 g/mol. The molecule has 0 bridgehead atoms. The Kier molecular flexibility index (Phi) is 4.42. The smallest absolute Gasteiger partial charge is 0.273 e. The number of non-ortho nitro benzene ring substituents is 1. The van der Waals surface area contributed by atoms with Gasteiger partial charge in [0.2, 0.25) is 0 Å². The van der Waals surface area contributed by atoms with Crippen molar-refractivity contribution in [2.45, 2.75) is 20.8 Å². The van der Waals surface area contributed by atoms with E-state index in [2.05, 4.69) is 10.6 Å². The minimum Gasteiger partial charge on any atom is -0.385 e. The van der Waals surface area contributed by atoms with E-state index in [-0.39, 0.29) is 10.6 Å². The van der Waals surface area contributed by atoms with E-state index in [1.807, 2.05) is 45.0 Å². The number of nitro groups is 1. The molecular formula is C16H19N3O2. The third-order valence-electron chi connectivity index (χ3n) is 3.39. The van der Waals surface area contributed by atoms with Gasteiger partial charge in [-0.1, -0.05) is 12.1 Å².